The van der Waals surface area contributed by atoms with Crippen molar-refractivity contribution in [3.63, 3.8) is 0 Å². The number of hydrogen-bond donors (Lipinski definition) is 2. The second-order valence-electron chi connectivity index (χ2n) is 4.39. The number of benzene rings is 1. The highest BCUT2D eigenvalue weighted by molar-refractivity contribution is 5.57. The van der Waals surface area contributed by atoms with Crippen LogP contribution < -0.4 is 11.1 Å². The number of alkyl halides is 3. The van der Waals surface area contributed by atoms with Gasteiger partial charge in [-0.05, 0) is 36.6 Å². The van der Waals surface area contributed by atoms with Crippen LogP contribution in [0.25, 0.3) is 0 Å². The zero-order chi connectivity index (χ0) is 14.6. The van der Waals surface area contributed by atoms with Crippen LogP contribution >= 0.6 is 0 Å². The van der Waals surface area contributed by atoms with Gasteiger partial charge in [0.05, 0.1) is 5.56 Å². The van der Waals surface area contributed by atoms with Gasteiger partial charge in [-0.2, -0.15) is 13.2 Å². The number of anilines is 1. The summed E-state index contributed by atoms with van der Waals surface area (Å²) in [5.41, 5.74) is 6.57. The van der Waals surface area contributed by atoms with Gasteiger partial charge in [0.25, 0.3) is 0 Å². The Morgan fingerprint density at radius 1 is 1.32 bits per heavy atom. The lowest BCUT2D eigenvalue weighted by molar-refractivity contribution is -0.137. The van der Waals surface area contributed by atoms with Crippen LogP contribution in [0.1, 0.15) is 50.8 Å². The van der Waals surface area contributed by atoms with E-state index in [1.165, 1.54) is 6.07 Å². The van der Waals surface area contributed by atoms with Crippen LogP contribution in [0.3, 0.4) is 0 Å². The number of rotatable bonds is 1. The highest BCUT2D eigenvalue weighted by atomic mass is 19.4. The summed E-state index contributed by atoms with van der Waals surface area (Å²) in [6.45, 7) is 6.03. The van der Waals surface area contributed by atoms with Crippen molar-refractivity contribution in [1.29, 1.82) is 0 Å². The van der Waals surface area contributed by atoms with Gasteiger partial charge in [-0.15, -0.1) is 0 Å². The molecule has 108 valence electrons. The summed E-state index contributed by atoms with van der Waals surface area (Å²) in [7, 11) is 0. The van der Waals surface area contributed by atoms with Crippen LogP contribution in [0.15, 0.2) is 18.2 Å². The second kappa shape index (κ2) is 6.28. The molecule has 0 aromatic heterocycles. The molecular weight excluding hydrogens is 253 g/mol. The average molecular weight is 274 g/mol. The molecule has 0 spiro atoms. The molecule has 2 nitrogen and oxygen atoms in total. The summed E-state index contributed by atoms with van der Waals surface area (Å²) in [6, 6.07) is 3.64. The van der Waals surface area contributed by atoms with Crippen molar-refractivity contribution >= 4 is 5.69 Å². The van der Waals surface area contributed by atoms with Gasteiger partial charge in [0, 0.05) is 17.8 Å². The van der Waals surface area contributed by atoms with Crippen LogP contribution in [0, 0.1) is 0 Å². The van der Waals surface area contributed by atoms with E-state index in [1.54, 1.807) is 0 Å². The maximum Gasteiger partial charge on any atom is 0.416 e. The monoisotopic (exact) mass is 274 g/mol. The van der Waals surface area contributed by atoms with Crippen molar-refractivity contribution in [2.45, 2.75) is 51.9 Å². The smallest absolute Gasteiger partial charge is 0.382 e. The van der Waals surface area contributed by atoms with Crippen molar-refractivity contribution in [1.82, 2.24) is 0 Å². The van der Waals surface area contributed by atoms with Gasteiger partial charge < -0.3 is 11.1 Å². The lowest BCUT2D eigenvalue weighted by Crippen LogP contribution is -2.31. The average Bonchev–Trinajstić information content (AvgIpc) is 2.39. The number of nitrogens with one attached hydrogen (secondary N) is 1. The Morgan fingerprint density at radius 3 is 2.47 bits per heavy atom. The third-order valence-corrected chi connectivity index (χ3v) is 3.17. The summed E-state index contributed by atoms with van der Waals surface area (Å²) in [6.07, 6.45) is -2.73. The van der Waals surface area contributed by atoms with Gasteiger partial charge in [0.15, 0.2) is 0 Å². The third kappa shape index (κ3) is 3.62. The first-order valence-electron chi connectivity index (χ1n) is 6.65. The van der Waals surface area contributed by atoms with Crippen molar-refractivity contribution < 1.29 is 13.2 Å². The van der Waals surface area contributed by atoms with Crippen LogP contribution in [0.4, 0.5) is 18.9 Å². The molecule has 2 atom stereocenters. The van der Waals surface area contributed by atoms with Gasteiger partial charge in [-0.1, -0.05) is 20.8 Å². The van der Waals surface area contributed by atoms with Crippen LogP contribution in [-0.2, 0) is 6.18 Å². The van der Waals surface area contributed by atoms with Crippen molar-refractivity contribution in [3.05, 3.63) is 29.3 Å². The molecule has 19 heavy (non-hydrogen) atoms. The Kier molecular flexibility index (Phi) is 5.23. The molecule has 1 aromatic carbocycles. The molecule has 5 heteroatoms. The summed E-state index contributed by atoms with van der Waals surface area (Å²) >= 11 is 0. The quantitative estimate of drug-likeness (QED) is 0.800. The summed E-state index contributed by atoms with van der Waals surface area (Å²) in [4.78, 5) is 0. The Morgan fingerprint density at radius 2 is 1.95 bits per heavy atom. The first kappa shape index (κ1) is 15.8. The van der Waals surface area contributed by atoms with E-state index in [0.717, 1.165) is 24.2 Å². The molecule has 0 radical (unpaired) electrons. The molecule has 0 saturated carbocycles. The number of fused-ring (bicyclic) bond motifs is 1. The molecule has 2 rings (SSSR count). The maximum atomic E-state index is 12.6. The summed E-state index contributed by atoms with van der Waals surface area (Å²) < 4.78 is 37.7. The van der Waals surface area contributed by atoms with Crippen LogP contribution in [0.5, 0.6) is 0 Å². The molecule has 1 heterocycles. The maximum absolute atomic E-state index is 12.6. The first-order valence-corrected chi connectivity index (χ1v) is 6.65. The zero-order valence-electron chi connectivity index (χ0n) is 11.5. The van der Waals surface area contributed by atoms with Gasteiger partial charge in [0.2, 0.25) is 0 Å². The van der Waals surface area contributed by atoms with E-state index in [2.05, 4.69) is 5.32 Å². The number of hydrogen-bond acceptors (Lipinski definition) is 2. The predicted octanol–water partition coefficient (Wildman–Crippen LogP) is 4.33. The van der Waals surface area contributed by atoms with Gasteiger partial charge in [-0.25, -0.2) is 0 Å². The Balaban J connectivity index is 0.000000861. The lowest BCUT2D eigenvalue weighted by atomic mass is 9.91. The molecule has 0 aliphatic carbocycles. The first-order chi connectivity index (χ1) is 8.91. The fourth-order valence-electron chi connectivity index (χ4n) is 2.16. The van der Waals surface area contributed by atoms with Crippen LogP contribution in [0.2, 0.25) is 0 Å². The van der Waals surface area contributed by atoms with Gasteiger partial charge in [-0.3, -0.25) is 0 Å². The molecule has 0 fully saturated rings. The van der Waals surface area contributed by atoms with E-state index < -0.39 is 11.7 Å². The zero-order valence-corrected chi connectivity index (χ0v) is 11.5. The summed E-state index contributed by atoms with van der Waals surface area (Å²) in [5, 5.41) is 3.21. The Bertz CT molecular complexity index is 416. The standard InChI is InChI=1S/C12H15F3N2.C2H6/c1-2-8-6-10(16)9-5-7(12(13,14)15)3-4-11(9)17-8;1-2/h3-5,8,10,17H,2,6,16H2,1H3;1-2H3. The SMILES string of the molecule is CC.CCC1CC(N)c2cc(C(F)(F)F)ccc2N1. The fourth-order valence-corrected chi connectivity index (χ4v) is 2.16. The van der Waals surface area contributed by atoms with Gasteiger partial charge in [0.1, 0.15) is 0 Å². The second-order valence-corrected chi connectivity index (χ2v) is 4.39. The number of halogens is 3. The molecule has 1 aliphatic heterocycles. The Hall–Kier alpha value is -1.23. The molecule has 1 aromatic rings. The fraction of sp³-hybridized carbons (Fsp3) is 0.571. The van der Waals surface area contributed by atoms with E-state index in [1.807, 2.05) is 20.8 Å². The molecule has 0 saturated heterocycles. The van der Waals surface area contributed by atoms with Crippen molar-refractivity contribution in [3.8, 4) is 0 Å². The normalized spacial score (nSPS) is 21.8. The topological polar surface area (TPSA) is 38.0 Å². The molecule has 0 amide bonds. The lowest BCUT2D eigenvalue weighted by Gasteiger charge is -2.31. The Labute approximate surface area is 112 Å². The van der Waals surface area contributed by atoms with Crippen molar-refractivity contribution in [2.24, 2.45) is 5.73 Å². The predicted molar refractivity (Wildman–Crippen MR) is 72.0 cm³/mol. The highest BCUT2D eigenvalue weighted by Crippen LogP contribution is 2.37. The van der Waals surface area contributed by atoms with Gasteiger partial charge >= 0.3 is 6.18 Å². The minimum absolute atomic E-state index is 0.245. The minimum atomic E-state index is -4.31. The summed E-state index contributed by atoms with van der Waals surface area (Å²) in [5.74, 6) is 0. The van der Waals surface area contributed by atoms with E-state index >= 15 is 0 Å². The van der Waals surface area contributed by atoms with E-state index in [9.17, 15) is 13.2 Å². The highest BCUT2D eigenvalue weighted by Gasteiger charge is 2.32. The number of nitrogens with two attached hydrogens (primary N) is 1. The van der Waals surface area contributed by atoms with Crippen LogP contribution in [-0.4, -0.2) is 6.04 Å². The molecule has 0 bridgehead atoms. The minimum Gasteiger partial charge on any atom is -0.382 e. The van der Waals surface area contributed by atoms with E-state index in [-0.39, 0.29) is 12.1 Å². The molecular formula is C14H21F3N2. The van der Waals surface area contributed by atoms with Crippen molar-refractivity contribution in [2.75, 3.05) is 5.32 Å². The third-order valence-electron chi connectivity index (χ3n) is 3.17. The van der Waals surface area contributed by atoms with E-state index in [4.69, 9.17) is 5.73 Å². The molecule has 3 N–H and O–H groups in total. The van der Waals surface area contributed by atoms with E-state index in [0.29, 0.717) is 12.0 Å². The molecule has 2 unspecified atom stereocenters. The molecule has 1 aliphatic rings. The largest absolute Gasteiger partial charge is 0.416 e.